The lowest BCUT2D eigenvalue weighted by molar-refractivity contribution is -0.154. The molecule has 2 heterocycles. The standard InChI is InChI=1S/C14H25NO2/c1-11-3-7-15(10-13(11)16)12-4-8-17-14(9-12)5-2-6-14/h11-13,16H,2-10H2,1H3. The summed E-state index contributed by atoms with van der Waals surface area (Å²) in [6, 6.07) is 0.659. The number of hydrogen-bond acceptors (Lipinski definition) is 3. The number of rotatable bonds is 1. The molecule has 0 aromatic carbocycles. The number of aliphatic hydroxyl groups excluding tert-OH is 1. The first kappa shape index (κ1) is 11.9. The molecule has 2 saturated heterocycles. The summed E-state index contributed by atoms with van der Waals surface area (Å²) in [7, 11) is 0. The van der Waals surface area contributed by atoms with Gasteiger partial charge in [0.05, 0.1) is 11.7 Å². The van der Waals surface area contributed by atoms with E-state index >= 15 is 0 Å². The minimum atomic E-state index is -0.121. The summed E-state index contributed by atoms with van der Waals surface area (Å²) in [6.45, 7) is 5.13. The van der Waals surface area contributed by atoms with E-state index in [2.05, 4.69) is 11.8 Å². The Hall–Kier alpha value is -0.120. The molecular formula is C14H25NO2. The second kappa shape index (κ2) is 4.52. The third kappa shape index (κ3) is 2.25. The van der Waals surface area contributed by atoms with Crippen molar-refractivity contribution >= 4 is 0 Å². The highest BCUT2D eigenvalue weighted by molar-refractivity contribution is 4.97. The van der Waals surface area contributed by atoms with E-state index in [0.717, 1.165) is 26.0 Å². The zero-order valence-corrected chi connectivity index (χ0v) is 10.9. The SMILES string of the molecule is CC1CCN(C2CCOC3(CCC3)C2)CC1O. The Morgan fingerprint density at radius 1 is 1.29 bits per heavy atom. The zero-order valence-electron chi connectivity index (χ0n) is 10.9. The first-order valence-electron chi connectivity index (χ1n) is 7.25. The van der Waals surface area contributed by atoms with Crippen LogP contribution in [0.15, 0.2) is 0 Å². The van der Waals surface area contributed by atoms with Crippen LogP contribution in [0, 0.1) is 5.92 Å². The first-order chi connectivity index (χ1) is 8.19. The van der Waals surface area contributed by atoms with Gasteiger partial charge in [0.2, 0.25) is 0 Å². The second-order valence-corrected chi connectivity index (χ2v) is 6.36. The molecule has 1 N–H and O–H groups in total. The molecule has 17 heavy (non-hydrogen) atoms. The number of aliphatic hydroxyl groups is 1. The van der Waals surface area contributed by atoms with Gasteiger partial charge in [-0.2, -0.15) is 0 Å². The van der Waals surface area contributed by atoms with Crippen LogP contribution in [-0.4, -0.2) is 47.4 Å². The summed E-state index contributed by atoms with van der Waals surface area (Å²) in [4.78, 5) is 2.52. The predicted molar refractivity (Wildman–Crippen MR) is 66.9 cm³/mol. The van der Waals surface area contributed by atoms with Crippen molar-refractivity contribution in [2.75, 3.05) is 19.7 Å². The average molecular weight is 239 g/mol. The summed E-state index contributed by atoms with van der Waals surface area (Å²) in [6.07, 6.45) is 7.24. The maximum atomic E-state index is 10.0. The van der Waals surface area contributed by atoms with Gasteiger partial charge in [-0.1, -0.05) is 6.92 Å². The van der Waals surface area contributed by atoms with E-state index < -0.39 is 0 Å². The van der Waals surface area contributed by atoms with Gasteiger partial charge in [-0.15, -0.1) is 0 Å². The molecule has 3 fully saturated rings. The van der Waals surface area contributed by atoms with Gasteiger partial charge in [0.1, 0.15) is 0 Å². The normalized spacial score (nSPS) is 42.4. The van der Waals surface area contributed by atoms with Gasteiger partial charge in [0.25, 0.3) is 0 Å². The summed E-state index contributed by atoms with van der Waals surface area (Å²) in [5, 5.41) is 10.0. The van der Waals surface area contributed by atoms with Gasteiger partial charge in [0.15, 0.2) is 0 Å². The fourth-order valence-corrected chi connectivity index (χ4v) is 3.64. The highest BCUT2D eigenvalue weighted by Gasteiger charge is 2.44. The molecule has 98 valence electrons. The predicted octanol–water partition coefficient (Wildman–Crippen LogP) is 1.79. The molecule has 0 aromatic rings. The number of likely N-dealkylation sites (tertiary alicyclic amines) is 1. The highest BCUT2D eigenvalue weighted by atomic mass is 16.5. The second-order valence-electron chi connectivity index (χ2n) is 6.36. The van der Waals surface area contributed by atoms with Crippen LogP contribution < -0.4 is 0 Å². The Bertz CT molecular complexity index is 277. The molecule has 3 unspecified atom stereocenters. The molecule has 0 bridgehead atoms. The number of ether oxygens (including phenoxy) is 1. The summed E-state index contributed by atoms with van der Waals surface area (Å²) in [5.41, 5.74) is 0.233. The Kier molecular flexibility index (Phi) is 3.18. The fourth-order valence-electron chi connectivity index (χ4n) is 3.64. The van der Waals surface area contributed by atoms with Crippen molar-refractivity contribution in [2.24, 2.45) is 5.92 Å². The van der Waals surface area contributed by atoms with E-state index in [1.165, 1.54) is 32.2 Å². The van der Waals surface area contributed by atoms with E-state index in [4.69, 9.17) is 4.74 Å². The Balaban J connectivity index is 1.60. The topological polar surface area (TPSA) is 32.7 Å². The van der Waals surface area contributed by atoms with Crippen LogP contribution in [0.3, 0.4) is 0 Å². The van der Waals surface area contributed by atoms with Crippen LogP contribution in [-0.2, 0) is 4.74 Å². The fraction of sp³-hybridized carbons (Fsp3) is 1.00. The molecule has 1 aliphatic carbocycles. The molecule has 0 amide bonds. The average Bonchev–Trinajstić information content (AvgIpc) is 2.31. The van der Waals surface area contributed by atoms with Crippen LogP contribution in [0.2, 0.25) is 0 Å². The van der Waals surface area contributed by atoms with Crippen molar-refractivity contribution in [2.45, 2.75) is 63.2 Å². The molecule has 3 rings (SSSR count). The van der Waals surface area contributed by atoms with Crippen molar-refractivity contribution in [1.82, 2.24) is 4.90 Å². The van der Waals surface area contributed by atoms with Gasteiger partial charge < -0.3 is 9.84 Å². The quantitative estimate of drug-likeness (QED) is 0.757. The summed E-state index contributed by atoms with van der Waals surface area (Å²) < 4.78 is 5.98. The number of piperidine rings is 1. The van der Waals surface area contributed by atoms with Crippen LogP contribution in [0.5, 0.6) is 0 Å². The van der Waals surface area contributed by atoms with Crippen LogP contribution >= 0.6 is 0 Å². The van der Waals surface area contributed by atoms with Crippen LogP contribution in [0.25, 0.3) is 0 Å². The van der Waals surface area contributed by atoms with Gasteiger partial charge in [0, 0.05) is 19.2 Å². The molecule has 3 nitrogen and oxygen atoms in total. The third-order valence-electron chi connectivity index (χ3n) is 5.20. The Morgan fingerprint density at radius 3 is 2.76 bits per heavy atom. The molecule has 0 aromatic heterocycles. The minimum absolute atomic E-state index is 0.121. The highest BCUT2D eigenvalue weighted by Crippen LogP contribution is 2.43. The van der Waals surface area contributed by atoms with Crippen molar-refractivity contribution in [3.63, 3.8) is 0 Å². The lowest BCUT2D eigenvalue weighted by Gasteiger charge is -2.51. The lowest BCUT2D eigenvalue weighted by atomic mass is 9.73. The number of hydrogen-bond donors (Lipinski definition) is 1. The smallest absolute Gasteiger partial charge is 0.0697 e. The van der Waals surface area contributed by atoms with Gasteiger partial charge >= 0.3 is 0 Å². The van der Waals surface area contributed by atoms with E-state index in [9.17, 15) is 5.11 Å². The minimum Gasteiger partial charge on any atom is -0.392 e. The maximum Gasteiger partial charge on any atom is 0.0697 e. The molecule has 1 saturated carbocycles. The van der Waals surface area contributed by atoms with E-state index in [1.54, 1.807) is 0 Å². The maximum absolute atomic E-state index is 10.0. The van der Waals surface area contributed by atoms with Crippen LogP contribution in [0.4, 0.5) is 0 Å². The van der Waals surface area contributed by atoms with E-state index in [1.807, 2.05) is 0 Å². The zero-order chi connectivity index (χ0) is 11.9. The molecular weight excluding hydrogens is 214 g/mol. The van der Waals surface area contributed by atoms with Crippen LogP contribution in [0.1, 0.15) is 45.4 Å². The van der Waals surface area contributed by atoms with Crippen molar-refractivity contribution in [3.8, 4) is 0 Å². The molecule has 3 heteroatoms. The summed E-state index contributed by atoms with van der Waals surface area (Å²) in [5.74, 6) is 0.476. The first-order valence-corrected chi connectivity index (χ1v) is 7.25. The van der Waals surface area contributed by atoms with Crippen molar-refractivity contribution < 1.29 is 9.84 Å². The summed E-state index contributed by atoms with van der Waals surface area (Å²) >= 11 is 0. The molecule has 3 atom stereocenters. The lowest BCUT2D eigenvalue weighted by Crippen LogP contribution is -2.55. The third-order valence-corrected chi connectivity index (χ3v) is 5.20. The molecule has 1 spiro atoms. The number of nitrogens with zero attached hydrogens (tertiary/aromatic N) is 1. The number of β-amino-alcohol motifs (C(OH)–C–C–N with tert-alkyl or cyclic N) is 1. The van der Waals surface area contributed by atoms with E-state index in [0.29, 0.717) is 12.0 Å². The molecule has 2 aliphatic heterocycles. The molecule has 3 aliphatic rings. The largest absolute Gasteiger partial charge is 0.392 e. The Morgan fingerprint density at radius 2 is 2.12 bits per heavy atom. The monoisotopic (exact) mass is 239 g/mol. The Labute approximate surface area is 104 Å². The van der Waals surface area contributed by atoms with Gasteiger partial charge in [-0.25, -0.2) is 0 Å². The molecule has 0 radical (unpaired) electrons. The van der Waals surface area contributed by atoms with Crippen molar-refractivity contribution in [3.05, 3.63) is 0 Å². The van der Waals surface area contributed by atoms with Gasteiger partial charge in [-0.05, 0) is 51.0 Å². The van der Waals surface area contributed by atoms with E-state index in [-0.39, 0.29) is 11.7 Å². The van der Waals surface area contributed by atoms with Crippen molar-refractivity contribution in [1.29, 1.82) is 0 Å². The van der Waals surface area contributed by atoms with Gasteiger partial charge in [-0.3, -0.25) is 4.90 Å².